The molecule has 1 aliphatic heterocycles. The predicted octanol–water partition coefficient (Wildman–Crippen LogP) is 2.16. The van der Waals surface area contributed by atoms with Gasteiger partial charge < -0.3 is 5.32 Å². The van der Waals surface area contributed by atoms with Crippen LogP contribution in [0.2, 0.25) is 0 Å². The second-order valence-corrected chi connectivity index (χ2v) is 5.18. The molecule has 0 amide bonds. The van der Waals surface area contributed by atoms with Crippen molar-refractivity contribution in [2.45, 2.75) is 19.5 Å². The van der Waals surface area contributed by atoms with Gasteiger partial charge in [0.15, 0.2) is 0 Å². The zero-order valence-electron chi connectivity index (χ0n) is 9.26. The van der Waals surface area contributed by atoms with Crippen molar-refractivity contribution in [3.63, 3.8) is 0 Å². The molecule has 1 heterocycles. The number of aryl methyl sites for hydroxylation is 1. The van der Waals surface area contributed by atoms with Gasteiger partial charge in [-0.05, 0) is 31.2 Å². The quantitative estimate of drug-likeness (QED) is 0.904. The maximum Gasteiger partial charge on any atom is 0.0345 e. The third-order valence-corrected chi connectivity index (χ3v) is 3.75. The van der Waals surface area contributed by atoms with Crippen molar-refractivity contribution in [2.24, 2.45) is 0 Å². The summed E-state index contributed by atoms with van der Waals surface area (Å²) in [6.07, 6.45) is 0. The molecule has 0 radical (unpaired) electrons. The van der Waals surface area contributed by atoms with Gasteiger partial charge in [-0.25, -0.2) is 0 Å². The van der Waals surface area contributed by atoms with Gasteiger partial charge in [0.2, 0.25) is 0 Å². The summed E-state index contributed by atoms with van der Waals surface area (Å²) < 4.78 is 1.22. The number of rotatable bonds is 3. The number of nitrogens with zero attached hydrogens (tertiary/aromatic N) is 1. The highest BCUT2D eigenvalue weighted by atomic mass is 79.9. The highest BCUT2D eigenvalue weighted by Crippen LogP contribution is 2.20. The molecule has 1 saturated heterocycles. The minimum absolute atomic E-state index is 0.707. The van der Waals surface area contributed by atoms with E-state index in [1.54, 1.807) is 0 Å². The van der Waals surface area contributed by atoms with Crippen molar-refractivity contribution >= 4 is 15.9 Å². The van der Waals surface area contributed by atoms with E-state index in [-0.39, 0.29) is 0 Å². The van der Waals surface area contributed by atoms with E-state index in [4.69, 9.17) is 0 Å². The lowest BCUT2D eigenvalue weighted by Crippen LogP contribution is -2.55. The largest absolute Gasteiger partial charge is 0.314 e. The molecule has 0 unspecified atom stereocenters. The van der Waals surface area contributed by atoms with Crippen molar-refractivity contribution in [2.75, 3.05) is 20.1 Å². The summed E-state index contributed by atoms with van der Waals surface area (Å²) in [7, 11) is 2.19. The van der Waals surface area contributed by atoms with E-state index in [1.807, 2.05) is 0 Å². The van der Waals surface area contributed by atoms with Gasteiger partial charge in [-0.2, -0.15) is 0 Å². The maximum absolute atomic E-state index is 3.62. The van der Waals surface area contributed by atoms with E-state index in [9.17, 15) is 0 Å². The Morgan fingerprint density at radius 3 is 2.73 bits per heavy atom. The highest BCUT2D eigenvalue weighted by molar-refractivity contribution is 9.10. The number of hydrogen-bond donors (Lipinski definition) is 1. The SMILES string of the molecule is Cc1ccc(CN(C)C2CNC2)c(Br)c1. The van der Waals surface area contributed by atoms with Gasteiger partial charge in [0.25, 0.3) is 0 Å². The molecule has 0 saturated carbocycles. The van der Waals surface area contributed by atoms with Crippen LogP contribution in [0.3, 0.4) is 0 Å². The number of benzene rings is 1. The predicted molar refractivity (Wildman–Crippen MR) is 67.0 cm³/mol. The molecule has 1 aromatic carbocycles. The minimum Gasteiger partial charge on any atom is -0.314 e. The van der Waals surface area contributed by atoms with Crippen LogP contribution in [0.25, 0.3) is 0 Å². The van der Waals surface area contributed by atoms with Crippen molar-refractivity contribution in [3.05, 3.63) is 33.8 Å². The molecule has 2 rings (SSSR count). The second-order valence-electron chi connectivity index (χ2n) is 4.32. The van der Waals surface area contributed by atoms with Crippen molar-refractivity contribution < 1.29 is 0 Å². The maximum atomic E-state index is 3.62. The second kappa shape index (κ2) is 4.64. The van der Waals surface area contributed by atoms with Gasteiger partial charge in [0.1, 0.15) is 0 Å². The Morgan fingerprint density at radius 2 is 2.20 bits per heavy atom. The summed E-state index contributed by atoms with van der Waals surface area (Å²) in [4.78, 5) is 2.41. The first-order valence-electron chi connectivity index (χ1n) is 5.33. The average Bonchev–Trinajstić information content (AvgIpc) is 2.07. The van der Waals surface area contributed by atoms with Crippen LogP contribution in [0.1, 0.15) is 11.1 Å². The molecule has 0 spiro atoms. The van der Waals surface area contributed by atoms with E-state index in [0.717, 1.165) is 19.6 Å². The van der Waals surface area contributed by atoms with Crippen LogP contribution in [-0.4, -0.2) is 31.1 Å². The molecule has 0 aromatic heterocycles. The monoisotopic (exact) mass is 268 g/mol. The van der Waals surface area contributed by atoms with Gasteiger partial charge in [0, 0.05) is 30.1 Å². The van der Waals surface area contributed by atoms with Gasteiger partial charge >= 0.3 is 0 Å². The number of halogens is 1. The van der Waals surface area contributed by atoms with Crippen molar-refractivity contribution in [1.82, 2.24) is 10.2 Å². The lowest BCUT2D eigenvalue weighted by Gasteiger charge is -2.35. The molecule has 0 aliphatic carbocycles. The summed E-state index contributed by atoms with van der Waals surface area (Å²) in [5.41, 5.74) is 2.67. The van der Waals surface area contributed by atoms with Crippen LogP contribution in [-0.2, 0) is 6.54 Å². The highest BCUT2D eigenvalue weighted by Gasteiger charge is 2.21. The molecule has 15 heavy (non-hydrogen) atoms. The lowest BCUT2D eigenvalue weighted by atomic mass is 10.1. The van der Waals surface area contributed by atoms with Gasteiger partial charge in [-0.1, -0.05) is 28.1 Å². The van der Waals surface area contributed by atoms with Gasteiger partial charge in [0.05, 0.1) is 0 Å². The van der Waals surface area contributed by atoms with Gasteiger partial charge in [-0.3, -0.25) is 4.90 Å². The van der Waals surface area contributed by atoms with E-state index in [0.29, 0.717) is 6.04 Å². The van der Waals surface area contributed by atoms with Crippen molar-refractivity contribution in [1.29, 1.82) is 0 Å². The third-order valence-electron chi connectivity index (χ3n) is 3.01. The molecule has 1 aliphatic rings. The Balaban J connectivity index is 2.03. The van der Waals surface area contributed by atoms with Crippen LogP contribution >= 0.6 is 15.9 Å². The fraction of sp³-hybridized carbons (Fsp3) is 0.500. The lowest BCUT2D eigenvalue weighted by molar-refractivity contribution is 0.173. The average molecular weight is 269 g/mol. The number of nitrogens with one attached hydrogen (secondary N) is 1. The summed E-state index contributed by atoms with van der Waals surface area (Å²) in [6.45, 7) is 5.39. The first-order valence-corrected chi connectivity index (χ1v) is 6.12. The fourth-order valence-electron chi connectivity index (χ4n) is 1.76. The Kier molecular flexibility index (Phi) is 3.44. The molecule has 1 fully saturated rings. The van der Waals surface area contributed by atoms with Crippen LogP contribution in [0.4, 0.5) is 0 Å². The third kappa shape index (κ3) is 2.60. The molecule has 3 heteroatoms. The Bertz CT molecular complexity index is 347. The van der Waals surface area contributed by atoms with E-state index in [2.05, 4.69) is 58.3 Å². The normalized spacial score (nSPS) is 16.8. The van der Waals surface area contributed by atoms with E-state index in [1.165, 1.54) is 15.6 Å². The number of likely N-dealkylation sites (N-methyl/N-ethyl adjacent to an activating group) is 1. The Morgan fingerprint density at radius 1 is 1.47 bits per heavy atom. The topological polar surface area (TPSA) is 15.3 Å². The summed E-state index contributed by atoms with van der Waals surface area (Å²) in [5, 5.41) is 3.30. The molecule has 0 bridgehead atoms. The molecular weight excluding hydrogens is 252 g/mol. The van der Waals surface area contributed by atoms with Crippen LogP contribution < -0.4 is 5.32 Å². The first kappa shape index (κ1) is 11.1. The summed E-state index contributed by atoms with van der Waals surface area (Å²) >= 11 is 3.62. The van der Waals surface area contributed by atoms with Gasteiger partial charge in [-0.15, -0.1) is 0 Å². The zero-order chi connectivity index (χ0) is 10.8. The van der Waals surface area contributed by atoms with Crippen LogP contribution in [0, 0.1) is 6.92 Å². The molecule has 2 nitrogen and oxygen atoms in total. The zero-order valence-corrected chi connectivity index (χ0v) is 10.8. The fourth-order valence-corrected chi connectivity index (χ4v) is 2.38. The number of hydrogen-bond acceptors (Lipinski definition) is 2. The first-order chi connectivity index (χ1) is 7.16. The Hall–Kier alpha value is -0.380. The summed E-state index contributed by atoms with van der Waals surface area (Å²) in [5.74, 6) is 0. The summed E-state index contributed by atoms with van der Waals surface area (Å²) in [6, 6.07) is 7.27. The molecule has 82 valence electrons. The molecule has 1 N–H and O–H groups in total. The minimum atomic E-state index is 0.707. The smallest absolute Gasteiger partial charge is 0.0345 e. The molecule has 1 aromatic rings. The Labute approximate surface area is 99.8 Å². The van der Waals surface area contributed by atoms with E-state index >= 15 is 0 Å². The molecule has 0 atom stereocenters. The van der Waals surface area contributed by atoms with E-state index < -0.39 is 0 Å². The standard InChI is InChI=1S/C12H17BrN2/c1-9-3-4-10(12(13)5-9)8-15(2)11-6-14-7-11/h3-5,11,14H,6-8H2,1-2H3. The van der Waals surface area contributed by atoms with Crippen LogP contribution in [0.5, 0.6) is 0 Å². The molecular formula is C12H17BrN2. The van der Waals surface area contributed by atoms with Crippen molar-refractivity contribution in [3.8, 4) is 0 Å². The van der Waals surface area contributed by atoms with Crippen LogP contribution in [0.15, 0.2) is 22.7 Å².